The van der Waals surface area contributed by atoms with Gasteiger partial charge < -0.3 is 14.9 Å². The quantitative estimate of drug-likeness (QED) is 0.474. The molecule has 2 N–H and O–H groups in total. The highest BCUT2D eigenvalue weighted by molar-refractivity contribution is 5.99. The van der Waals surface area contributed by atoms with Crippen molar-refractivity contribution in [2.24, 2.45) is 0 Å². The lowest BCUT2D eigenvalue weighted by molar-refractivity contribution is 0.155. The SMILES string of the molecule is CCOC(=O)N(c1ccccc1)C(N(C(=O)O)c1ccccc1)N(C(=O)O)c1ccccc1. The second-order valence-corrected chi connectivity index (χ2v) is 6.73. The van der Waals surface area contributed by atoms with Gasteiger partial charge in [-0.25, -0.2) is 29.1 Å². The summed E-state index contributed by atoms with van der Waals surface area (Å²) in [5.41, 5.74) is 0.593. The number of amides is 3. The summed E-state index contributed by atoms with van der Waals surface area (Å²) in [5.74, 6) is 0. The predicted molar refractivity (Wildman–Crippen MR) is 124 cm³/mol. The molecule has 0 saturated carbocycles. The molecule has 0 atom stereocenters. The Morgan fingerprint density at radius 2 is 1.00 bits per heavy atom. The van der Waals surface area contributed by atoms with Gasteiger partial charge in [-0.1, -0.05) is 54.6 Å². The van der Waals surface area contributed by atoms with E-state index < -0.39 is 24.6 Å². The van der Waals surface area contributed by atoms with Crippen molar-refractivity contribution in [1.82, 2.24) is 0 Å². The van der Waals surface area contributed by atoms with E-state index in [1.54, 1.807) is 73.7 Å². The third kappa shape index (κ3) is 5.21. The summed E-state index contributed by atoms with van der Waals surface area (Å²) >= 11 is 0. The Balaban J connectivity index is 2.31. The van der Waals surface area contributed by atoms with Crippen molar-refractivity contribution in [3.05, 3.63) is 91.0 Å². The van der Waals surface area contributed by atoms with Crippen molar-refractivity contribution in [3.8, 4) is 0 Å². The number of benzene rings is 3. The Bertz CT molecular complexity index is 1020. The van der Waals surface area contributed by atoms with Gasteiger partial charge in [-0.05, 0) is 43.3 Å². The summed E-state index contributed by atoms with van der Waals surface area (Å²) in [7, 11) is 0. The molecule has 3 amide bonds. The monoisotopic (exact) mass is 449 g/mol. The summed E-state index contributed by atoms with van der Waals surface area (Å²) in [6, 6.07) is 24.1. The predicted octanol–water partition coefficient (Wildman–Crippen LogP) is 5.30. The lowest BCUT2D eigenvalue weighted by Gasteiger charge is -2.42. The largest absolute Gasteiger partial charge is 0.465 e. The van der Waals surface area contributed by atoms with Gasteiger partial charge in [-0.3, -0.25) is 0 Å². The van der Waals surface area contributed by atoms with E-state index in [0.29, 0.717) is 0 Å². The highest BCUT2D eigenvalue weighted by Crippen LogP contribution is 2.30. The van der Waals surface area contributed by atoms with Gasteiger partial charge in [-0.2, -0.15) is 0 Å². The van der Waals surface area contributed by atoms with E-state index in [1.807, 2.05) is 0 Å². The van der Waals surface area contributed by atoms with Crippen LogP contribution in [0.4, 0.5) is 31.4 Å². The van der Waals surface area contributed by atoms with Gasteiger partial charge in [0.05, 0.1) is 23.7 Å². The van der Waals surface area contributed by atoms with E-state index in [0.717, 1.165) is 14.7 Å². The summed E-state index contributed by atoms with van der Waals surface area (Å²) in [4.78, 5) is 40.9. The number of carbonyl (C=O) groups is 3. The molecule has 0 heterocycles. The fourth-order valence-corrected chi connectivity index (χ4v) is 3.32. The topological polar surface area (TPSA) is 111 Å². The first-order valence-electron chi connectivity index (χ1n) is 10.1. The molecule has 0 aromatic heterocycles. The second-order valence-electron chi connectivity index (χ2n) is 6.73. The molecule has 0 bridgehead atoms. The molecule has 3 rings (SSSR count). The molecule has 170 valence electrons. The van der Waals surface area contributed by atoms with Crippen LogP contribution in [0.3, 0.4) is 0 Å². The molecule has 0 spiro atoms. The average Bonchev–Trinajstić information content (AvgIpc) is 2.81. The Hall–Kier alpha value is -4.53. The highest BCUT2D eigenvalue weighted by atomic mass is 16.6. The van der Waals surface area contributed by atoms with Gasteiger partial charge in [0.25, 0.3) is 0 Å². The number of hydrogen-bond donors (Lipinski definition) is 2. The van der Waals surface area contributed by atoms with Crippen LogP contribution in [0.5, 0.6) is 0 Å². The normalized spacial score (nSPS) is 10.4. The Labute approximate surface area is 190 Å². The number of nitrogens with zero attached hydrogens (tertiary/aromatic N) is 3. The number of rotatable bonds is 7. The summed E-state index contributed by atoms with van der Waals surface area (Å²) in [6.45, 7) is 1.61. The van der Waals surface area contributed by atoms with Crippen LogP contribution in [-0.2, 0) is 4.74 Å². The molecule has 0 saturated heterocycles. The van der Waals surface area contributed by atoms with Crippen LogP contribution >= 0.6 is 0 Å². The van der Waals surface area contributed by atoms with Crippen LogP contribution in [-0.4, -0.2) is 41.4 Å². The molecular weight excluding hydrogens is 426 g/mol. The van der Waals surface area contributed by atoms with Crippen LogP contribution < -0.4 is 14.7 Å². The number of anilines is 3. The molecule has 0 fully saturated rings. The molecule has 0 unspecified atom stereocenters. The van der Waals surface area contributed by atoms with Crippen molar-refractivity contribution in [3.63, 3.8) is 0 Å². The fourth-order valence-electron chi connectivity index (χ4n) is 3.32. The Morgan fingerprint density at radius 1 is 0.667 bits per heavy atom. The van der Waals surface area contributed by atoms with Crippen LogP contribution in [0.1, 0.15) is 6.92 Å². The minimum absolute atomic E-state index is 0.00566. The third-order valence-corrected chi connectivity index (χ3v) is 4.67. The van der Waals surface area contributed by atoms with Gasteiger partial charge in [0.1, 0.15) is 0 Å². The maximum absolute atomic E-state index is 13.2. The number of carbonyl (C=O) groups excluding carboxylic acids is 1. The smallest absolute Gasteiger partial charge is 0.417 e. The maximum atomic E-state index is 13.2. The maximum Gasteiger partial charge on any atom is 0.417 e. The molecule has 0 aliphatic rings. The van der Waals surface area contributed by atoms with Crippen LogP contribution in [0, 0.1) is 0 Å². The minimum Gasteiger partial charge on any atom is -0.465 e. The molecule has 9 nitrogen and oxygen atoms in total. The van der Waals surface area contributed by atoms with Gasteiger partial charge in [-0.15, -0.1) is 0 Å². The number of hydrogen-bond acceptors (Lipinski definition) is 4. The lowest BCUT2D eigenvalue weighted by atomic mass is 10.2. The van der Waals surface area contributed by atoms with Crippen molar-refractivity contribution < 1.29 is 29.3 Å². The first-order valence-corrected chi connectivity index (χ1v) is 10.1. The molecular formula is C24H23N3O6. The second kappa shape index (κ2) is 10.7. The lowest BCUT2D eigenvalue weighted by Crippen LogP contribution is -2.64. The molecule has 33 heavy (non-hydrogen) atoms. The summed E-state index contributed by atoms with van der Waals surface area (Å²) in [5, 5.41) is 20.4. The highest BCUT2D eigenvalue weighted by Gasteiger charge is 2.42. The van der Waals surface area contributed by atoms with Gasteiger partial charge in [0, 0.05) is 0 Å². The van der Waals surface area contributed by atoms with E-state index in [9.17, 15) is 24.6 Å². The third-order valence-electron chi connectivity index (χ3n) is 4.67. The van der Waals surface area contributed by atoms with E-state index in [4.69, 9.17) is 4.74 Å². The zero-order chi connectivity index (χ0) is 23.8. The fraction of sp³-hybridized carbons (Fsp3) is 0.125. The van der Waals surface area contributed by atoms with E-state index >= 15 is 0 Å². The van der Waals surface area contributed by atoms with Crippen molar-refractivity contribution in [2.75, 3.05) is 21.3 Å². The van der Waals surface area contributed by atoms with E-state index in [-0.39, 0.29) is 23.7 Å². The first kappa shape index (κ1) is 23.1. The van der Waals surface area contributed by atoms with Crippen molar-refractivity contribution >= 4 is 35.3 Å². The molecule has 3 aromatic rings. The van der Waals surface area contributed by atoms with Crippen LogP contribution in [0.15, 0.2) is 91.0 Å². The zero-order valence-electron chi connectivity index (χ0n) is 17.8. The number of ether oxygens (including phenoxy) is 1. The van der Waals surface area contributed by atoms with Gasteiger partial charge in [0.15, 0.2) is 0 Å². The van der Waals surface area contributed by atoms with Crippen molar-refractivity contribution in [2.45, 2.75) is 13.2 Å². The average molecular weight is 449 g/mol. The Kier molecular flexibility index (Phi) is 7.48. The standard InChI is InChI=1S/C24H23N3O6/c1-2-33-24(32)27(20-16-10-5-11-17-20)21(25(22(28)29)18-12-6-3-7-13-18)26(23(30)31)19-14-8-4-9-15-19/h3-17,21H,2H2,1H3,(H,28,29)(H,30,31). The van der Waals surface area contributed by atoms with E-state index in [1.165, 1.54) is 24.3 Å². The number of para-hydroxylation sites is 3. The summed E-state index contributed by atoms with van der Waals surface area (Å²) < 4.78 is 5.22. The molecule has 3 aromatic carbocycles. The molecule has 0 aliphatic heterocycles. The first-order chi connectivity index (χ1) is 16.0. The van der Waals surface area contributed by atoms with Gasteiger partial charge in [0.2, 0.25) is 6.29 Å². The zero-order valence-corrected chi connectivity index (χ0v) is 17.8. The molecule has 9 heteroatoms. The molecule has 0 radical (unpaired) electrons. The molecule has 0 aliphatic carbocycles. The minimum atomic E-state index is -1.66. The van der Waals surface area contributed by atoms with Crippen LogP contribution in [0.25, 0.3) is 0 Å². The van der Waals surface area contributed by atoms with E-state index in [2.05, 4.69) is 0 Å². The van der Waals surface area contributed by atoms with Crippen LogP contribution in [0.2, 0.25) is 0 Å². The Morgan fingerprint density at radius 3 is 1.30 bits per heavy atom. The van der Waals surface area contributed by atoms with Crippen molar-refractivity contribution in [1.29, 1.82) is 0 Å². The number of carboxylic acid groups (broad SMARTS) is 2. The van der Waals surface area contributed by atoms with Gasteiger partial charge >= 0.3 is 18.3 Å². The summed E-state index contributed by atoms with van der Waals surface area (Å²) in [6.07, 6.45) is -5.48.